The maximum atomic E-state index is 11.9. The van der Waals surface area contributed by atoms with E-state index in [0.717, 1.165) is 11.1 Å². The Morgan fingerprint density at radius 1 is 1.24 bits per heavy atom. The minimum absolute atomic E-state index is 0.0214. The lowest BCUT2D eigenvalue weighted by atomic mass is 10.1. The second-order valence-electron chi connectivity index (χ2n) is 4.07. The van der Waals surface area contributed by atoms with Crippen molar-refractivity contribution >= 4 is 5.69 Å². The van der Waals surface area contributed by atoms with Gasteiger partial charge in [-0.05, 0) is 37.5 Å². The third kappa shape index (κ3) is 4.54. The first-order chi connectivity index (χ1) is 7.79. The molecule has 2 nitrogen and oxygen atoms in total. The van der Waals surface area contributed by atoms with Crippen LogP contribution in [0, 0.1) is 13.8 Å². The van der Waals surface area contributed by atoms with Crippen LogP contribution in [0.15, 0.2) is 12.1 Å². The Bertz CT molecular complexity index is 365. The molecule has 0 aliphatic heterocycles. The first kappa shape index (κ1) is 13.7. The number of benzene rings is 1. The SMILES string of the molecule is Cc1cc(C)c(OCCCC(F)(F)F)c(N)c1. The first-order valence-corrected chi connectivity index (χ1v) is 5.36. The van der Waals surface area contributed by atoms with Gasteiger partial charge in [-0.25, -0.2) is 0 Å². The topological polar surface area (TPSA) is 35.2 Å². The van der Waals surface area contributed by atoms with Gasteiger partial charge >= 0.3 is 6.18 Å². The summed E-state index contributed by atoms with van der Waals surface area (Å²) in [5, 5.41) is 0. The minimum atomic E-state index is -4.13. The normalized spacial score (nSPS) is 11.6. The summed E-state index contributed by atoms with van der Waals surface area (Å²) < 4.78 is 41.0. The number of aryl methyl sites for hydroxylation is 2. The van der Waals surface area contributed by atoms with Gasteiger partial charge in [0.1, 0.15) is 5.75 Å². The van der Waals surface area contributed by atoms with E-state index in [2.05, 4.69) is 0 Å². The molecule has 0 bridgehead atoms. The zero-order valence-corrected chi connectivity index (χ0v) is 9.90. The fraction of sp³-hybridized carbons (Fsp3) is 0.500. The Labute approximate surface area is 98.6 Å². The summed E-state index contributed by atoms with van der Waals surface area (Å²) >= 11 is 0. The van der Waals surface area contributed by atoms with E-state index in [4.69, 9.17) is 10.5 Å². The second-order valence-corrected chi connectivity index (χ2v) is 4.07. The molecule has 1 aromatic carbocycles. The second kappa shape index (κ2) is 5.29. The van der Waals surface area contributed by atoms with Gasteiger partial charge in [-0.2, -0.15) is 13.2 Å². The van der Waals surface area contributed by atoms with E-state index >= 15 is 0 Å². The van der Waals surface area contributed by atoms with Crippen LogP contribution in [0.3, 0.4) is 0 Å². The van der Waals surface area contributed by atoms with Crippen molar-refractivity contribution in [3.8, 4) is 5.75 Å². The molecule has 0 saturated carbocycles. The van der Waals surface area contributed by atoms with Crippen LogP contribution >= 0.6 is 0 Å². The van der Waals surface area contributed by atoms with Gasteiger partial charge in [0.2, 0.25) is 0 Å². The van der Waals surface area contributed by atoms with E-state index in [1.54, 1.807) is 6.07 Å². The fourth-order valence-corrected chi connectivity index (χ4v) is 1.63. The average molecular weight is 247 g/mol. The minimum Gasteiger partial charge on any atom is -0.491 e. The Morgan fingerprint density at radius 2 is 1.88 bits per heavy atom. The molecule has 0 unspecified atom stereocenters. The maximum Gasteiger partial charge on any atom is 0.389 e. The van der Waals surface area contributed by atoms with Gasteiger partial charge in [0.15, 0.2) is 0 Å². The lowest BCUT2D eigenvalue weighted by Crippen LogP contribution is -2.10. The predicted molar refractivity (Wildman–Crippen MR) is 61.1 cm³/mol. The molecule has 0 aromatic heterocycles. The van der Waals surface area contributed by atoms with Crippen molar-refractivity contribution in [2.75, 3.05) is 12.3 Å². The number of nitrogen functional groups attached to an aromatic ring is 1. The first-order valence-electron chi connectivity index (χ1n) is 5.36. The van der Waals surface area contributed by atoms with Crippen molar-refractivity contribution in [1.29, 1.82) is 0 Å². The molecule has 2 N–H and O–H groups in total. The highest BCUT2D eigenvalue weighted by Gasteiger charge is 2.26. The van der Waals surface area contributed by atoms with E-state index in [9.17, 15) is 13.2 Å². The number of hydrogen-bond acceptors (Lipinski definition) is 2. The van der Waals surface area contributed by atoms with Gasteiger partial charge in [0, 0.05) is 6.42 Å². The summed E-state index contributed by atoms with van der Waals surface area (Å²) in [6.45, 7) is 3.74. The van der Waals surface area contributed by atoms with Crippen molar-refractivity contribution in [2.45, 2.75) is 32.9 Å². The molecular weight excluding hydrogens is 231 g/mol. The molecule has 0 fully saturated rings. The smallest absolute Gasteiger partial charge is 0.389 e. The Morgan fingerprint density at radius 3 is 2.41 bits per heavy atom. The lowest BCUT2D eigenvalue weighted by molar-refractivity contribution is -0.136. The highest BCUT2D eigenvalue weighted by atomic mass is 19.4. The van der Waals surface area contributed by atoms with E-state index in [0.29, 0.717) is 11.4 Å². The quantitative estimate of drug-likeness (QED) is 0.651. The fourth-order valence-electron chi connectivity index (χ4n) is 1.63. The molecule has 0 aliphatic carbocycles. The van der Waals surface area contributed by atoms with Crippen LogP contribution in [-0.2, 0) is 0 Å². The maximum absolute atomic E-state index is 11.9. The average Bonchev–Trinajstić information content (AvgIpc) is 2.13. The largest absolute Gasteiger partial charge is 0.491 e. The molecule has 96 valence electrons. The number of ether oxygens (including phenoxy) is 1. The zero-order valence-electron chi connectivity index (χ0n) is 9.90. The molecule has 1 aromatic rings. The van der Waals surface area contributed by atoms with Gasteiger partial charge in [-0.1, -0.05) is 6.07 Å². The third-order valence-corrected chi connectivity index (χ3v) is 2.30. The van der Waals surface area contributed by atoms with Gasteiger partial charge in [0.25, 0.3) is 0 Å². The predicted octanol–water partition coefficient (Wildman–Crippen LogP) is 3.61. The summed E-state index contributed by atoms with van der Waals surface area (Å²) in [5.41, 5.74) is 8.05. The third-order valence-electron chi connectivity index (χ3n) is 2.30. The molecule has 17 heavy (non-hydrogen) atoms. The highest BCUT2D eigenvalue weighted by molar-refractivity contribution is 5.58. The molecule has 5 heteroatoms. The Hall–Kier alpha value is -1.39. The monoisotopic (exact) mass is 247 g/mol. The van der Waals surface area contributed by atoms with Crippen LogP contribution < -0.4 is 10.5 Å². The van der Waals surface area contributed by atoms with Gasteiger partial charge in [-0.3, -0.25) is 0 Å². The molecule has 0 radical (unpaired) electrons. The lowest BCUT2D eigenvalue weighted by Gasteiger charge is -2.13. The van der Waals surface area contributed by atoms with Crippen LogP contribution in [0.2, 0.25) is 0 Å². The van der Waals surface area contributed by atoms with E-state index in [1.807, 2.05) is 19.9 Å². The molecule has 0 saturated heterocycles. The number of nitrogens with two attached hydrogens (primary N) is 1. The number of hydrogen-bond donors (Lipinski definition) is 1. The van der Waals surface area contributed by atoms with E-state index in [1.165, 1.54) is 0 Å². The number of rotatable bonds is 4. The molecule has 0 heterocycles. The van der Waals surface area contributed by atoms with Gasteiger partial charge < -0.3 is 10.5 Å². The standard InChI is InChI=1S/C12H16F3NO/c1-8-6-9(2)11(10(16)7-8)17-5-3-4-12(13,14)15/h6-7H,3-5,16H2,1-2H3. The number of anilines is 1. The summed E-state index contributed by atoms with van der Waals surface area (Å²) in [6.07, 6.45) is -5.02. The van der Waals surface area contributed by atoms with Crippen molar-refractivity contribution < 1.29 is 17.9 Å². The number of halogens is 3. The van der Waals surface area contributed by atoms with Crippen molar-refractivity contribution in [2.24, 2.45) is 0 Å². The van der Waals surface area contributed by atoms with E-state index in [-0.39, 0.29) is 13.0 Å². The molecule has 1 rings (SSSR count). The highest BCUT2D eigenvalue weighted by Crippen LogP contribution is 2.28. The van der Waals surface area contributed by atoms with Crippen molar-refractivity contribution in [1.82, 2.24) is 0 Å². The van der Waals surface area contributed by atoms with Crippen LogP contribution in [0.5, 0.6) is 5.75 Å². The van der Waals surface area contributed by atoms with Crippen molar-refractivity contribution in [3.05, 3.63) is 23.3 Å². The molecule has 0 amide bonds. The van der Waals surface area contributed by atoms with Crippen LogP contribution in [0.4, 0.5) is 18.9 Å². The van der Waals surface area contributed by atoms with Crippen LogP contribution in [0.25, 0.3) is 0 Å². The molecule has 0 atom stereocenters. The molecule has 0 aliphatic rings. The summed E-state index contributed by atoms with van der Waals surface area (Å²) in [6, 6.07) is 3.63. The summed E-state index contributed by atoms with van der Waals surface area (Å²) in [5.74, 6) is 0.484. The van der Waals surface area contributed by atoms with Crippen LogP contribution in [0.1, 0.15) is 24.0 Å². The van der Waals surface area contributed by atoms with Gasteiger partial charge in [0.05, 0.1) is 12.3 Å². The van der Waals surface area contributed by atoms with Crippen molar-refractivity contribution in [3.63, 3.8) is 0 Å². The summed E-state index contributed by atoms with van der Waals surface area (Å²) in [4.78, 5) is 0. The van der Waals surface area contributed by atoms with E-state index < -0.39 is 12.6 Å². The van der Waals surface area contributed by atoms with Gasteiger partial charge in [-0.15, -0.1) is 0 Å². The Kier molecular flexibility index (Phi) is 4.26. The Balaban J connectivity index is 2.53. The number of alkyl halides is 3. The van der Waals surface area contributed by atoms with Crippen LogP contribution in [-0.4, -0.2) is 12.8 Å². The molecule has 0 spiro atoms. The summed E-state index contributed by atoms with van der Waals surface area (Å²) in [7, 11) is 0. The zero-order chi connectivity index (χ0) is 13.1. The molecular formula is C12H16F3NO.